The predicted octanol–water partition coefficient (Wildman–Crippen LogP) is 1.89. The maximum Gasteiger partial charge on any atom is 0.333 e. The highest BCUT2D eigenvalue weighted by molar-refractivity contribution is 8.02. The van der Waals surface area contributed by atoms with Crippen molar-refractivity contribution in [2.24, 2.45) is 5.16 Å². The van der Waals surface area contributed by atoms with Crippen LogP contribution in [0.25, 0.3) is 0 Å². The average Bonchev–Trinajstić information content (AvgIpc) is 3.42. The van der Waals surface area contributed by atoms with E-state index in [0.29, 0.717) is 19.6 Å². The summed E-state index contributed by atoms with van der Waals surface area (Å²) in [6, 6.07) is -1.85. The van der Waals surface area contributed by atoms with Gasteiger partial charge in [0.05, 0.1) is 13.2 Å². The van der Waals surface area contributed by atoms with Gasteiger partial charge in [-0.2, -0.15) is 0 Å². The Balaban J connectivity index is 1.62. The SMILES string of the molecule is CCCCOCC(COCCCC)OC(=O)C1C=CS[C@H]2C(NC(=O)C(=NOC)c3csc(NC=O)n3)C(=O)N12. The molecular weight excluding hydrogens is 562 g/mol. The molecule has 2 unspecified atom stereocenters. The van der Waals surface area contributed by atoms with Crippen LogP contribution in [0.15, 0.2) is 22.0 Å². The molecule has 0 bridgehead atoms. The second-order valence-electron chi connectivity index (χ2n) is 8.84. The minimum Gasteiger partial charge on any atom is -0.456 e. The number of esters is 1. The lowest BCUT2D eigenvalue weighted by atomic mass is 10.0. The largest absolute Gasteiger partial charge is 0.456 e. The van der Waals surface area contributed by atoms with Gasteiger partial charge in [0.25, 0.3) is 5.91 Å². The first-order valence-corrected chi connectivity index (χ1v) is 14.9. The number of nitrogens with one attached hydrogen (secondary N) is 2. The van der Waals surface area contributed by atoms with Crippen molar-refractivity contribution in [2.75, 3.05) is 38.9 Å². The number of nitrogens with zero attached hydrogens (tertiary/aromatic N) is 3. The van der Waals surface area contributed by atoms with Crippen molar-refractivity contribution in [2.45, 2.75) is 63.1 Å². The molecule has 2 N–H and O–H groups in total. The number of thiazole rings is 1. The molecule has 1 aromatic rings. The molecule has 0 aliphatic carbocycles. The quantitative estimate of drug-likeness (QED) is 0.0639. The maximum absolute atomic E-state index is 13.1. The topological polar surface area (TPSA) is 158 Å². The highest BCUT2D eigenvalue weighted by atomic mass is 32.2. The third-order valence-corrected chi connectivity index (χ3v) is 7.75. The van der Waals surface area contributed by atoms with Crippen LogP contribution in [0.3, 0.4) is 0 Å². The number of oxime groups is 1. The molecule has 3 rings (SSSR count). The minimum atomic E-state index is -0.941. The number of hydrogen-bond acceptors (Lipinski definition) is 12. The fourth-order valence-electron chi connectivity index (χ4n) is 3.82. The number of unbranched alkanes of at least 4 members (excludes halogenated alkanes) is 2. The molecule has 40 heavy (non-hydrogen) atoms. The molecule has 1 fully saturated rings. The number of ether oxygens (including phenoxy) is 3. The molecule has 0 aromatic carbocycles. The Labute approximate surface area is 241 Å². The van der Waals surface area contributed by atoms with Crippen LogP contribution in [-0.4, -0.2) is 96.9 Å². The first-order valence-electron chi connectivity index (χ1n) is 13.0. The summed E-state index contributed by atoms with van der Waals surface area (Å²) >= 11 is 2.39. The Morgan fingerprint density at radius 1 is 1.20 bits per heavy atom. The average molecular weight is 598 g/mol. The van der Waals surface area contributed by atoms with Gasteiger partial charge in [-0.3, -0.25) is 14.4 Å². The number of amides is 3. The summed E-state index contributed by atoms with van der Waals surface area (Å²) in [5.41, 5.74) is 0.00794. The Bertz CT molecular complexity index is 1070. The second-order valence-corrected chi connectivity index (χ2v) is 10.7. The fourth-order valence-corrected chi connectivity index (χ4v) is 5.58. The van der Waals surface area contributed by atoms with Gasteiger partial charge < -0.3 is 34.6 Å². The van der Waals surface area contributed by atoms with Crippen LogP contribution >= 0.6 is 23.1 Å². The predicted molar refractivity (Wildman–Crippen MR) is 150 cm³/mol. The number of aromatic nitrogens is 1. The number of rotatable bonds is 18. The van der Waals surface area contributed by atoms with Gasteiger partial charge in [0.2, 0.25) is 12.3 Å². The summed E-state index contributed by atoms with van der Waals surface area (Å²) in [4.78, 5) is 60.2. The fraction of sp³-hybridized carbons (Fsp3) is 0.600. The van der Waals surface area contributed by atoms with Gasteiger partial charge in [-0.1, -0.05) is 31.8 Å². The van der Waals surface area contributed by atoms with Crippen molar-refractivity contribution in [3.05, 3.63) is 22.6 Å². The molecule has 1 aromatic heterocycles. The van der Waals surface area contributed by atoms with E-state index in [4.69, 9.17) is 19.0 Å². The van der Waals surface area contributed by atoms with Crippen LogP contribution in [0.5, 0.6) is 0 Å². The molecule has 2 aliphatic rings. The zero-order valence-corrected chi connectivity index (χ0v) is 24.3. The molecular formula is C25H35N5O8S2. The van der Waals surface area contributed by atoms with Crippen LogP contribution in [0.2, 0.25) is 0 Å². The highest BCUT2D eigenvalue weighted by Crippen LogP contribution is 2.37. The molecule has 15 heteroatoms. The number of thioether (sulfide) groups is 1. The number of fused-ring (bicyclic) bond motifs is 1. The molecule has 0 saturated carbocycles. The lowest BCUT2D eigenvalue weighted by Crippen LogP contribution is -2.73. The van der Waals surface area contributed by atoms with E-state index < -0.39 is 41.3 Å². The van der Waals surface area contributed by atoms with Crippen LogP contribution in [0.1, 0.15) is 45.2 Å². The molecule has 1 saturated heterocycles. The van der Waals surface area contributed by atoms with Gasteiger partial charge >= 0.3 is 5.97 Å². The van der Waals surface area contributed by atoms with E-state index in [-0.39, 0.29) is 29.8 Å². The van der Waals surface area contributed by atoms with Gasteiger partial charge in [-0.25, -0.2) is 9.78 Å². The molecule has 3 heterocycles. The summed E-state index contributed by atoms with van der Waals surface area (Å²) in [5, 5.41) is 11.8. The number of β-lactam (4-membered cyclic amide) rings is 1. The number of carbonyl (C=O) groups excluding carboxylic acids is 4. The zero-order chi connectivity index (χ0) is 28.9. The third kappa shape index (κ3) is 8.25. The zero-order valence-electron chi connectivity index (χ0n) is 22.7. The third-order valence-electron chi connectivity index (χ3n) is 5.89. The Morgan fingerprint density at radius 3 is 2.52 bits per heavy atom. The molecule has 220 valence electrons. The second kappa shape index (κ2) is 16.3. The van der Waals surface area contributed by atoms with Gasteiger partial charge in [-0.05, 0) is 24.3 Å². The lowest BCUT2D eigenvalue weighted by Gasteiger charge is -2.50. The van der Waals surface area contributed by atoms with Crippen molar-refractivity contribution in [3.63, 3.8) is 0 Å². The summed E-state index contributed by atoms with van der Waals surface area (Å²) in [5.74, 6) is -1.72. The van der Waals surface area contributed by atoms with Crippen molar-refractivity contribution >= 4 is 58.1 Å². The number of anilines is 1. The Hall–Kier alpha value is -3.01. The van der Waals surface area contributed by atoms with Crippen LogP contribution in [0, 0.1) is 0 Å². The highest BCUT2D eigenvalue weighted by Gasteiger charge is 2.54. The van der Waals surface area contributed by atoms with Crippen molar-refractivity contribution in [3.8, 4) is 0 Å². The molecule has 0 radical (unpaired) electrons. The number of carbonyl (C=O) groups is 4. The van der Waals surface area contributed by atoms with E-state index in [2.05, 4.69) is 34.6 Å². The number of hydrogen-bond donors (Lipinski definition) is 2. The monoisotopic (exact) mass is 597 g/mol. The van der Waals surface area contributed by atoms with Crippen molar-refractivity contribution < 1.29 is 38.2 Å². The van der Waals surface area contributed by atoms with Gasteiger partial charge in [0.1, 0.15) is 36.4 Å². The maximum atomic E-state index is 13.1. The summed E-state index contributed by atoms with van der Waals surface area (Å²) in [7, 11) is 1.27. The summed E-state index contributed by atoms with van der Waals surface area (Å²) < 4.78 is 17.0. The van der Waals surface area contributed by atoms with Gasteiger partial charge in [-0.15, -0.1) is 23.1 Å². The molecule has 2 aliphatic heterocycles. The Morgan fingerprint density at radius 2 is 1.90 bits per heavy atom. The minimum absolute atomic E-state index is 0.162. The molecule has 13 nitrogen and oxygen atoms in total. The standard InChI is InChI=1S/C25H35N5O8S2/c1-4-6-9-36-12-16(13-37-10-7-5-2)38-24(34)18-8-11-39-23-20(22(33)30(18)23)28-21(32)19(29-35-3)17-14-40-25(27-17)26-15-31/h8,11,14-16,18,20,23H,4-7,9-10,12-13H2,1-3H3,(H,28,32)(H,26,27,31)/t18?,20?,23-/m0/s1. The van der Waals surface area contributed by atoms with E-state index >= 15 is 0 Å². The smallest absolute Gasteiger partial charge is 0.333 e. The molecule has 3 atom stereocenters. The lowest BCUT2D eigenvalue weighted by molar-refractivity contribution is -0.169. The summed E-state index contributed by atoms with van der Waals surface area (Å²) in [6.45, 7) is 5.62. The van der Waals surface area contributed by atoms with E-state index in [1.165, 1.54) is 29.2 Å². The first-order chi connectivity index (χ1) is 19.4. The molecule has 0 spiro atoms. The van der Waals surface area contributed by atoms with E-state index in [0.717, 1.165) is 37.0 Å². The van der Waals surface area contributed by atoms with Crippen molar-refractivity contribution in [1.82, 2.24) is 15.2 Å². The Kier molecular flexibility index (Phi) is 12.8. The first kappa shape index (κ1) is 31.5. The van der Waals surface area contributed by atoms with Crippen LogP contribution < -0.4 is 10.6 Å². The van der Waals surface area contributed by atoms with E-state index in [1.54, 1.807) is 11.5 Å². The van der Waals surface area contributed by atoms with E-state index in [9.17, 15) is 19.2 Å². The summed E-state index contributed by atoms with van der Waals surface area (Å²) in [6.07, 6.45) is 5.21. The van der Waals surface area contributed by atoms with Crippen molar-refractivity contribution in [1.29, 1.82) is 0 Å². The van der Waals surface area contributed by atoms with E-state index in [1.807, 2.05) is 0 Å². The van der Waals surface area contributed by atoms with Gasteiger partial charge in [0.15, 0.2) is 10.8 Å². The van der Waals surface area contributed by atoms with Crippen LogP contribution in [0.4, 0.5) is 5.13 Å². The normalized spacial score (nSPS) is 20.1. The molecule has 3 amide bonds. The van der Waals surface area contributed by atoms with Gasteiger partial charge in [0, 0.05) is 18.6 Å². The van der Waals surface area contributed by atoms with Crippen LogP contribution in [-0.2, 0) is 38.2 Å².